The molecule has 2 unspecified atom stereocenters. The van der Waals surface area contributed by atoms with E-state index < -0.39 is 0 Å². The Bertz CT molecular complexity index is 519. The lowest BCUT2D eigenvalue weighted by Gasteiger charge is -2.21. The highest BCUT2D eigenvalue weighted by molar-refractivity contribution is 5.81. The second kappa shape index (κ2) is 3.38. The summed E-state index contributed by atoms with van der Waals surface area (Å²) in [5.41, 5.74) is 7.62. The van der Waals surface area contributed by atoms with Crippen molar-refractivity contribution in [1.82, 2.24) is 0 Å². The van der Waals surface area contributed by atoms with Crippen molar-refractivity contribution in [3.63, 3.8) is 0 Å². The van der Waals surface area contributed by atoms with E-state index in [1.54, 1.807) is 0 Å². The number of hydrogen-bond acceptors (Lipinski definition) is 4. The lowest BCUT2D eigenvalue weighted by molar-refractivity contribution is -0.194. The summed E-state index contributed by atoms with van der Waals surface area (Å²) in [6, 6.07) is 6.08. The molecule has 1 saturated carbocycles. The second-order valence-electron chi connectivity index (χ2n) is 5.30. The van der Waals surface area contributed by atoms with Crippen molar-refractivity contribution in [2.24, 2.45) is 23.5 Å². The molecule has 1 aliphatic carbocycles. The van der Waals surface area contributed by atoms with Crippen LogP contribution in [0.3, 0.4) is 0 Å². The minimum atomic E-state index is -0.139. The molecule has 18 heavy (non-hydrogen) atoms. The van der Waals surface area contributed by atoms with E-state index in [1.165, 1.54) is 5.69 Å². The second-order valence-corrected chi connectivity index (χ2v) is 5.30. The van der Waals surface area contributed by atoms with E-state index in [4.69, 9.17) is 15.5 Å². The number of carbonyl (C=O) groups excluding carboxylic acids is 1. The highest BCUT2D eigenvalue weighted by atomic mass is 17.2. The Hall–Kier alpha value is -1.75. The number of nitrogens with zero attached hydrogens (tertiary/aromatic N) is 1. The number of rotatable bonds is 2. The third-order valence-electron chi connectivity index (χ3n) is 4.29. The largest absolute Gasteiger partial charge is 0.371 e. The fourth-order valence-corrected chi connectivity index (χ4v) is 3.27. The predicted octanol–water partition coefficient (Wildman–Crippen LogP) is 0.678. The number of carbonyl (C=O) groups is 1. The van der Waals surface area contributed by atoms with Crippen molar-refractivity contribution in [3.8, 4) is 5.75 Å². The molecular formula is C13H14N2O3. The van der Waals surface area contributed by atoms with E-state index in [9.17, 15) is 4.79 Å². The summed E-state index contributed by atoms with van der Waals surface area (Å²) < 4.78 is 0. The quantitative estimate of drug-likeness (QED) is 0.779. The molecule has 3 aliphatic rings. The van der Waals surface area contributed by atoms with Gasteiger partial charge in [-0.25, -0.2) is 0 Å². The molecule has 0 bridgehead atoms. The first-order valence-electron chi connectivity index (χ1n) is 6.21. The van der Waals surface area contributed by atoms with Gasteiger partial charge in [0.1, 0.15) is 6.61 Å². The van der Waals surface area contributed by atoms with Crippen LogP contribution >= 0.6 is 0 Å². The maximum absolute atomic E-state index is 11.1. The van der Waals surface area contributed by atoms with E-state index >= 15 is 0 Å². The number of hydrogen-bond donors (Lipinski definition) is 1. The van der Waals surface area contributed by atoms with Crippen molar-refractivity contribution in [1.29, 1.82) is 0 Å². The standard InChI is InChI=1S/C13H14N2O3/c14-13(16)12-9-4-15(5-10(9)12)8-1-2-11-7(3-8)6-17-18-11/h1-3,9-10,12H,4-6H2,(H2,14,16). The zero-order valence-corrected chi connectivity index (χ0v) is 9.83. The Kier molecular flexibility index (Phi) is 1.92. The van der Waals surface area contributed by atoms with E-state index in [0.717, 1.165) is 24.4 Å². The van der Waals surface area contributed by atoms with Crippen LogP contribution in [-0.2, 0) is 16.3 Å². The molecule has 94 valence electrons. The van der Waals surface area contributed by atoms with Gasteiger partial charge in [0.15, 0.2) is 5.75 Å². The minimum absolute atomic E-state index is 0.113. The highest BCUT2D eigenvalue weighted by Crippen LogP contribution is 2.52. The van der Waals surface area contributed by atoms with Crippen LogP contribution in [0.1, 0.15) is 5.56 Å². The molecule has 2 fully saturated rings. The molecule has 5 heteroatoms. The number of primary amides is 1. The van der Waals surface area contributed by atoms with Gasteiger partial charge in [-0.15, -0.1) is 0 Å². The monoisotopic (exact) mass is 246 g/mol. The van der Waals surface area contributed by atoms with Gasteiger partial charge < -0.3 is 15.5 Å². The van der Waals surface area contributed by atoms with Crippen molar-refractivity contribution >= 4 is 11.6 Å². The minimum Gasteiger partial charge on any atom is -0.371 e. The van der Waals surface area contributed by atoms with Crippen molar-refractivity contribution in [3.05, 3.63) is 23.8 Å². The lowest BCUT2D eigenvalue weighted by Crippen LogP contribution is -2.28. The average Bonchev–Trinajstić information content (AvgIpc) is 2.78. The summed E-state index contributed by atoms with van der Waals surface area (Å²) in [7, 11) is 0. The van der Waals surface area contributed by atoms with E-state index in [1.807, 2.05) is 12.1 Å². The fraction of sp³-hybridized carbons (Fsp3) is 0.462. The van der Waals surface area contributed by atoms with Gasteiger partial charge in [-0.3, -0.25) is 4.79 Å². The summed E-state index contributed by atoms with van der Waals surface area (Å²) in [4.78, 5) is 23.4. The Morgan fingerprint density at radius 3 is 2.83 bits per heavy atom. The smallest absolute Gasteiger partial charge is 0.221 e. The van der Waals surface area contributed by atoms with Gasteiger partial charge in [-0.05, 0) is 30.0 Å². The predicted molar refractivity (Wildman–Crippen MR) is 63.7 cm³/mol. The van der Waals surface area contributed by atoms with Crippen LogP contribution in [0.2, 0.25) is 0 Å². The zero-order valence-electron chi connectivity index (χ0n) is 9.83. The van der Waals surface area contributed by atoms with Crippen molar-refractivity contribution < 1.29 is 14.6 Å². The molecule has 4 rings (SSSR count). The lowest BCUT2D eigenvalue weighted by atomic mass is 10.1. The average molecular weight is 246 g/mol. The van der Waals surface area contributed by atoms with Crippen LogP contribution in [0.5, 0.6) is 5.75 Å². The molecule has 0 radical (unpaired) electrons. The van der Waals surface area contributed by atoms with Crippen LogP contribution in [0.15, 0.2) is 18.2 Å². The van der Waals surface area contributed by atoms with Gasteiger partial charge >= 0.3 is 0 Å². The molecule has 1 aromatic rings. The van der Waals surface area contributed by atoms with Crippen LogP contribution in [-0.4, -0.2) is 19.0 Å². The molecular weight excluding hydrogens is 232 g/mol. The van der Waals surface area contributed by atoms with Gasteiger partial charge in [-0.1, -0.05) is 0 Å². The molecule has 5 nitrogen and oxygen atoms in total. The Morgan fingerprint density at radius 2 is 2.11 bits per heavy atom. The number of amides is 1. The van der Waals surface area contributed by atoms with Gasteiger partial charge in [0, 0.05) is 30.3 Å². The molecule has 2 heterocycles. The molecule has 0 spiro atoms. The molecule has 2 atom stereocenters. The SMILES string of the molecule is NC(=O)C1C2CN(c3ccc4c(c3)COO4)CC21. The van der Waals surface area contributed by atoms with Crippen LogP contribution in [0, 0.1) is 17.8 Å². The Labute approximate surface area is 104 Å². The molecule has 2 N–H and O–H groups in total. The van der Waals surface area contributed by atoms with E-state index in [-0.39, 0.29) is 11.8 Å². The Balaban J connectivity index is 1.52. The molecule has 2 aliphatic heterocycles. The van der Waals surface area contributed by atoms with Gasteiger partial charge in [0.05, 0.1) is 0 Å². The number of fused-ring (bicyclic) bond motifs is 2. The molecule has 0 aromatic heterocycles. The fourth-order valence-electron chi connectivity index (χ4n) is 3.27. The highest BCUT2D eigenvalue weighted by Gasteiger charge is 2.58. The molecule has 1 aromatic carbocycles. The first-order valence-corrected chi connectivity index (χ1v) is 6.21. The number of nitrogens with two attached hydrogens (primary N) is 1. The van der Waals surface area contributed by atoms with Gasteiger partial charge in [-0.2, -0.15) is 4.89 Å². The Morgan fingerprint density at radius 1 is 1.33 bits per heavy atom. The van der Waals surface area contributed by atoms with Crippen molar-refractivity contribution in [2.45, 2.75) is 6.61 Å². The maximum atomic E-state index is 11.1. The first kappa shape index (κ1) is 10.2. The normalized spacial score (nSPS) is 31.8. The maximum Gasteiger partial charge on any atom is 0.221 e. The number of piperidine rings is 1. The number of anilines is 1. The van der Waals surface area contributed by atoms with Crippen LogP contribution < -0.4 is 15.5 Å². The summed E-state index contributed by atoms with van der Waals surface area (Å²) in [5, 5.41) is 0. The van der Waals surface area contributed by atoms with Gasteiger partial charge in [0.2, 0.25) is 5.91 Å². The first-order chi connectivity index (χ1) is 8.74. The molecule has 1 saturated heterocycles. The van der Waals surface area contributed by atoms with Crippen molar-refractivity contribution in [2.75, 3.05) is 18.0 Å². The third-order valence-corrected chi connectivity index (χ3v) is 4.29. The zero-order chi connectivity index (χ0) is 12.3. The van der Waals surface area contributed by atoms with E-state index in [0.29, 0.717) is 18.4 Å². The molecule has 1 amide bonds. The number of benzene rings is 1. The summed E-state index contributed by atoms with van der Waals surface area (Å²) in [6.45, 7) is 2.37. The summed E-state index contributed by atoms with van der Waals surface area (Å²) in [6.07, 6.45) is 0. The van der Waals surface area contributed by atoms with E-state index in [2.05, 4.69) is 11.0 Å². The van der Waals surface area contributed by atoms with Gasteiger partial charge in [0.25, 0.3) is 0 Å². The van der Waals surface area contributed by atoms with Crippen LogP contribution in [0.25, 0.3) is 0 Å². The third kappa shape index (κ3) is 1.34. The van der Waals surface area contributed by atoms with Crippen LogP contribution in [0.4, 0.5) is 5.69 Å². The summed E-state index contributed by atoms with van der Waals surface area (Å²) >= 11 is 0. The topological polar surface area (TPSA) is 64.8 Å². The summed E-state index contributed by atoms with van der Waals surface area (Å²) in [5.74, 6) is 1.70.